The minimum absolute atomic E-state index is 0. The van der Waals surface area contributed by atoms with Gasteiger partial charge in [-0.25, -0.2) is 0 Å². The van der Waals surface area contributed by atoms with Crippen molar-refractivity contribution >= 4 is 52.9 Å². The van der Waals surface area contributed by atoms with Crippen LogP contribution in [-0.2, 0) is 4.79 Å². The van der Waals surface area contributed by atoms with Gasteiger partial charge in [-0.15, -0.1) is 0 Å². The van der Waals surface area contributed by atoms with Crippen LogP contribution in [0.15, 0.2) is 0 Å². The quantitative estimate of drug-likeness (QED) is 0.308. The summed E-state index contributed by atoms with van der Waals surface area (Å²) in [6, 6.07) is 0. The number of carboxylic acid groups (broad SMARTS) is 1. The molecular formula is C6H13N2NaO2S. The van der Waals surface area contributed by atoms with Crippen molar-refractivity contribution in [2.24, 2.45) is 0 Å². The summed E-state index contributed by atoms with van der Waals surface area (Å²) in [4.78, 5) is 10.2. The Morgan fingerprint density at radius 3 is 2.25 bits per heavy atom. The van der Waals surface area contributed by atoms with E-state index in [4.69, 9.17) is 12.2 Å². The van der Waals surface area contributed by atoms with Crippen LogP contribution in [0.2, 0.25) is 0 Å². The van der Waals surface area contributed by atoms with Crippen molar-refractivity contribution in [2.75, 3.05) is 27.7 Å². The Balaban J connectivity index is 0. The van der Waals surface area contributed by atoms with Crippen LogP contribution in [0.1, 0.15) is 0 Å². The zero-order valence-corrected chi connectivity index (χ0v) is 7.70. The van der Waals surface area contributed by atoms with Gasteiger partial charge >= 0.3 is 29.6 Å². The number of likely N-dealkylation sites (N-methyl/N-ethyl adjacent to an activating group) is 1. The summed E-state index contributed by atoms with van der Waals surface area (Å²) >= 11 is 4.88. The molecule has 0 heterocycles. The van der Waals surface area contributed by atoms with Crippen LogP contribution in [0.4, 0.5) is 0 Å². The van der Waals surface area contributed by atoms with Gasteiger partial charge in [0.15, 0.2) is 0 Å². The topological polar surface area (TPSA) is 52.2 Å². The third-order valence-corrected chi connectivity index (χ3v) is 1.99. The van der Waals surface area contributed by atoms with Crippen LogP contribution in [0.3, 0.4) is 0 Å². The molecule has 0 rings (SSSR count). The summed E-state index contributed by atoms with van der Waals surface area (Å²) in [6.07, 6.45) is 0. The summed E-state index contributed by atoms with van der Waals surface area (Å²) in [5, 5.41) is 13.4. The van der Waals surface area contributed by atoms with Crippen molar-refractivity contribution < 1.29 is 14.4 Å². The number of rotatable bonds is 2. The fraction of sp³-hybridized carbons (Fsp3) is 0.667. The van der Waals surface area contributed by atoms with E-state index in [2.05, 4.69) is 5.32 Å². The van der Waals surface area contributed by atoms with Crippen molar-refractivity contribution in [1.82, 2.24) is 5.32 Å². The minimum atomic E-state index is -1.10. The number of hydrogen-bond donors (Lipinski definition) is 1. The molecule has 0 radical (unpaired) electrons. The van der Waals surface area contributed by atoms with Crippen LogP contribution in [0, 0.1) is 0 Å². The van der Waals surface area contributed by atoms with E-state index in [0.29, 0.717) is 5.11 Å². The van der Waals surface area contributed by atoms with Crippen molar-refractivity contribution in [3.05, 3.63) is 0 Å². The van der Waals surface area contributed by atoms with Crippen molar-refractivity contribution in [3.63, 3.8) is 0 Å². The second-order valence-corrected chi connectivity index (χ2v) is 3.16. The Labute approximate surface area is 99.8 Å². The molecule has 0 aliphatic rings. The number of carbonyl (C=O) groups is 1. The van der Waals surface area contributed by atoms with Gasteiger partial charge in [0.2, 0.25) is 0 Å². The molecule has 0 unspecified atom stereocenters. The fourth-order valence-corrected chi connectivity index (χ4v) is 0.762. The standard InChI is InChI=1S/C6H12N2O2S.Na.H/c1-7-6(11)8(2,3)4-5(9)10;;/h4H2,1-3H3,(H-,7,9,10,11);;. The summed E-state index contributed by atoms with van der Waals surface area (Å²) in [5.74, 6) is -1.10. The van der Waals surface area contributed by atoms with Crippen LogP contribution in [-0.4, -0.2) is 72.8 Å². The molecule has 0 spiro atoms. The molecule has 0 aromatic rings. The number of thiocarbonyl (C=S) groups is 1. The average molecular weight is 200 g/mol. The van der Waals surface area contributed by atoms with E-state index in [1.807, 2.05) is 0 Å². The van der Waals surface area contributed by atoms with Gasteiger partial charge in [0.1, 0.15) is 6.54 Å². The predicted octanol–water partition coefficient (Wildman–Crippen LogP) is -2.33. The van der Waals surface area contributed by atoms with Crippen molar-refractivity contribution in [1.29, 1.82) is 0 Å². The van der Waals surface area contributed by atoms with Gasteiger partial charge in [-0.3, -0.25) is 4.48 Å². The Morgan fingerprint density at radius 2 is 2.00 bits per heavy atom. The van der Waals surface area contributed by atoms with Gasteiger partial charge in [-0.1, -0.05) is 0 Å². The summed E-state index contributed by atoms with van der Waals surface area (Å²) < 4.78 is 0.119. The molecule has 0 fully saturated rings. The van der Waals surface area contributed by atoms with Crippen LogP contribution < -0.4 is 10.4 Å². The molecule has 0 atom stereocenters. The number of aliphatic carboxylic acids is 1. The Bertz CT molecular complexity index is 184. The number of nitrogens with one attached hydrogen (secondary N) is 1. The second-order valence-electron chi connectivity index (χ2n) is 2.77. The van der Waals surface area contributed by atoms with Crippen molar-refractivity contribution in [2.45, 2.75) is 0 Å². The maximum atomic E-state index is 10.2. The molecule has 0 saturated carbocycles. The fourth-order valence-electron chi connectivity index (χ4n) is 0.697. The first kappa shape index (κ1) is 14.8. The molecule has 0 aromatic heterocycles. The van der Waals surface area contributed by atoms with Gasteiger partial charge in [-0.2, -0.15) is 0 Å². The van der Waals surface area contributed by atoms with E-state index in [-0.39, 0.29) is 40.6 Å². The van der Waals surface area contributed by atoms with Crippen molar-refractivity contribution in [3.8, 4) is 0 Å². The van der Waals surface area contributed by atoms with E-state index >= 15 is 0 Å². The van der Waals surface area contributed by atoms with Gasteiger partial charge in [0.05, 0.1) is 20.1 Å². The first-order chi connectivity index (χ1) is 4.90. The Morgan fingerprint density at radius 1 is 1.58 bits per heavy atom. The van der Waals surface area contributed by atoms with Gasteiger partial charge in [0.25, 0.3) is 5.11 Å². The first-order valence-corrected chi connectivity index (χ1v) is 3.56. The number of nitrogens with zero attached hydrogens (tertiary/aromatic N) is 1. The normalized spacial score (nSPS) is 9.92. The summed E-state index contributed by atoms with van der Waals surface area (Å²) in [6.45, 7) is -0.111. The molecule has 0 amide bonds. The van der Waals surface area contributed by atoms with E-state index in [9.17, 15) is 9.90 Å². The summed E-state index contributed by atoms with van der Waals surface area (Å²) in [5.41, 5.74) is 0. The van der Waals surface area contributed by atoms with Crippen LogP contribution in [0.25, 0.3) is 0 Å². The molecular weight excluding hydrogens is 187 g/mol. The SMILES string of the molecule is CNC(=S)[N+](C)(C)CC(=O)[O-].[NaH]. The zero-order valence-electron chi connectivity index (χ0n) is 6.88. The second kappa shape index (κ2) is 5.88. The van der Waals surface area contributed by atoms with E-state index < -0.39 is 5.97 Å². The Hall–Kier alpha value is 0.320. The molecule has 0 aliphatic heterocycles. The number of carboxylic acids is 1. The molecule has 0 aliphatic carbocycles. The molecule has 1 N–H and O–H groups in total. The first-order valence-electron chi connectivity index (χ1n) is 3.15. The van der Waals surface area contributed by atoms with Gasteiger partial charge in [-0.05, 0) is 0 Å². The maximum absolute atomic E-state index is 10.2. The number of hydrogen-bond acceptors (Lipinski definition) is 3. The predicted molar refractivity (Wildman–Crippen MR) is 50.8 cm³/mol. The molecule has 12 heavy (non-hydrogen) atoms. The number of quaternary nitrogens is 1. The third kappa shape index (κ3) is 5.05. The van der Waals surface area contributed by atoms with E-state index in [1.54, 1.807) is 21.1 Å². The molecule has 6 heteroatoms. The molecule has 0 bridgehead atoms. The molecule has 4 nitrogen and oxygen atoms in total. The number of carbonyl (C=O) groups excluding carboxylic acids is 1. The monoisotopic (exact) mass is 200 g/mol. The molecule has 0 aromatic carbocycles. The average Bonchev–Trinajstić information content (AvgIpc) is 1.83. The Kier molecular flexibility index (Phi) is 7.26. The van der Waals surface area contributed by atoms with Crippen LogP contribution in [0.5, 0.6) is 0 Å². The van der Waals surface area contributed by atoms with E-state index in [1.165, 1.54) is 0 Å². The zero-order chi connectivity index (χ0) is 9.07. The van der Waals surface area contributed by atoms with Gasteiger partial charge in [0, 0.05) is 19.3 Å². The van der Waals surface area contributed by atoms with Gasteiger partial charge < -0.3 is 15.2 Å². The van der Waals surface area contributed by atoms with Crippen LogP contribution >= 0.6 is 12.2 Å². The van der Waals surface area contributed by atoms with E-state index in [0.717, 1.165) is 0 Å². The molecule has 66 valence electrons. The third-order valence-electron chi connectivity index (χ3n) is 1.29. The summed E-state index contributed by atoms with van der Waals surface area (Å²) in [7, 11) is 5.07. The molecule has 0 saturated heterocycles.